The number of carbonyl (C=O) groups excluding carboxylic acids is 6. The van der Waals surface area contributed by atoms with Crippen LogP contribution in [-0.4, -0.2) is 101 Å². The van der Waals surface area contributed by atoms with Crippen molar-refractivity contribution in [3.63, 3.8) is 0 Å². The number of likely N-dealkylation sites (N-methyl/N-ethyl adjacent to an activating group) is 1. The van der Waals surface area contributed by atoms with E-state index in [1.54, 1.807) is 24.0 Å². The van der Waals surface area contributed by atoms with Gasteiger partial charge in [0.25, 0.3) is 0 Å². The second-order valence-electron chi connectivity index (χ2n) is 12.5. The van der Waals surface area contributed by atoms with E-state index in [9.17, 15) is 33.9 Å². The number of nitrogens with zero attached hydrogens (tertiary/aromatic N) is 1. The van der Waals surface area contributed by atoms with Gasteiger partial charge in [-0.15, -0.1) is 0 Å². The Morgan fingerprint density at radius 1 is 1.02 bits per heavy atom. The van der Waals surface area contributed by atoms with Gasteiger partial charge in [0.15, 0.2) is 0 Å². The Bertz CT molecular complexity index is 1340. The minimum atomic E-state index is -1.10. The zero-order valence-electron chi connectivity index (χ0n) is 27.3. The first kappa shape index (κ1) is 38.7. The number of fused-ring (bicyclic) bond motifs is 1. The van der Waals surface area contributed by atoms with E-state index in [0.29, 0.717) is 34.3 Å². The van der Waals surface area contributed by atoms with Gasteiger partial charge in [0.2, 0.25) is 35.4 Å². The minimum Gasteiger partial charge on any atom is -0.507 e. The lowest BCUT2D eigenvalue weighted by molar-refractivity contribution is -0.141. The summed E-state index contributed by atoms with van der Waals surface area (Å²) in [4.78, 5) is 81.4. The predicted octanol–water partition coefficient (Wildman–Crippen LogP) is 1.17. The summed E-state index contributed by atoms with van der Waals surface area (Å²) < 4.78 is 0.567. The van der Waals surface area contributed by atoms with E-state index >= 15 is 0 Å². The maximum Gasteiger partial charge on any atom is 0.243 e. The van der Waals surface area contributed by atoms with Gasteiger partial charge in [-0.2, -0.15) is 0 Å². The van der Waals surface area contributed by atoms with E-state index in [-0.39, 0.29) is 35.7 Å². The van der Waals surface area contributed by atoms with Crippen molar-refractivity contribution in [1.82, 2.24) is 31.5 Å². The van der Waals surface area contributed by atoms with Gasteiger partial charge < -0.3 is 36.6 Å². The van der Waals surface area contributed by atoms with Crippen LogP contribution in [0.15, 0.2) is 18.2 Å². The molecule has 3 rings (SSSR count). The van der Waals surface area contributed by atoms with Crippen molar-refractivity contribution in [1.29, 1.82) is 0 Å². The number of nitrogens with one attached hydrogen (secondary N) is 5. The first-order valence-corrected chi connectivity index (χ1v) is 19.2. The molecule has 1 aromatic rings. The highest BCUT2D eigenvalue weighted by Gasteiger charge is 2.40. The van der Waals surface area contributed by atoms with Crippen LogP contribution in [-0.2, 0) is 35.2 Å². The summed E-state index contributed by atoms with van der Waals surface area (Å²) in [5.41, 5.74) is 0.668. The van der Waals surface area contributed by atoms with Crippen LogP contribution in [0.4, 0.5) is 0 Å². The number of phenols is 1. The molecule has 0 aromatic heterocycles. The molecule has 47 heavy (non-hydrogen) atoms. The number of hydrogen-bond donors (Lipinski definition) is 6. The highest BCUT2D eigenvalue weighted by atomic mass is 127. The third kappa shape index (κ3) is 11.4. The normalized spacial score (nSPS) is 27.3. The zero-order chi connectivity index (χ0) is 34.8. The van der Waals surface area contributed by atoms with Gasteiger partial charge in [-0.3, -0.25) is 28.8 Å². The van der Waals surface area contributed by atoms with Crippen molar-refractivity contribution in [3.05, 3.63) is 27.3 Å². The van der Waals surface area contributed by atoms with Gasteiger partial charge >= 0.3 is 0 Å². The average molecular weight is 805 g/mol. The molecule has 16 heteroatoms. The molecule has 0 spiro atoms. The SMILES string of the molecule is CNC(=O)[C@@H]1CSSC[C@H](C)C(=O)N2C[C@H](C)C[C@H]2C(=O)N[C@@H](Cc2ccc(O)c(I)c2)C(=O)NCC(=O)N[C@@H](CC(C)C)C(=O)N1. The number of phenolic OH excluding ortho intramolecular Hbond substituents is 1. The summed E-state index contributed by atoms with van der Waals surface area (Å²) in [5, 5.41) is 23.4. The summed E-state index contributed by atoms with van der Waals surface area (Å²) in [6.07, 6.45) is 0.794. The monoisotopic (exact) mass is 804 g/mol. The molecule has 13 nitrogen and oxygen atoms in total. The lowest BCUT2D eigenvalue weighted by Crippen LogP contribution is -2.57. The summed E-state index contributed by atoms with van der Waals surface area (Å²) >= 11 is 1.97. The summed E-state index contributed by atoms with van der Waals surface area (Å²) in [6.45, 7) is 7.48. The average Bonchev–Trinajstić information content (AvgIpc) is 3.42. The van der Waals surface area contributed by atoms with Crippen LogP contribution in [0.25, 0.3) is 0 Å². The van der Waals surface area contributed by atoms with Crippen molar-refractivity contribution in [3.8, 4) is 5.75 Å². The van der Waals surface area contributed by atoms with Gasteiger partial charge in [0.1, 0.15) is 29.9 Å². The standard InChI is InChI=1S/C31H45IN6O7S2/c1-16(2)8-21-29(43)37-23(27(41)33-5)15-47-46-14-18(4)31(45)38-13-17(3)9-24(38)30(44)36-22(28(42)34-12-26(40)35-21)11-19-6-7-25(39)20(32)10-19/h6-7,10,16-18,21-24,39H,8-9,11-15H2,1-5H3,(H,33,41)(H,34,42)(H,35,40)(H,36,44)(H,37,43)/t17-,18+,21+,22+,23+,24+/m1/s1. The molecule has 2 heterocycles. The van der Waals surface area contributed by atoms with E-state index < -0.39 is 66.2 Å². The number of amides is 6. The lowest BCUT2D eigenvalue weighted by Gasteiger charge is -2.28. The molecule has 0 unspecified atom stereocenters. The fraction of sp³-hybridized carbons (Fsp3) is 0.613. The highest BCUT2D eigenvalue weighted by Crippen LogP contribution is 2.29. The number of aromatic hydroxyl groups is 1. The smallest absolute Gasteiger partial charge is 0.243 e. The Balaban J connectivity index is 1.92. The van der Waals surface area contributed by atoms with Crippen molar-refractivity contribution in [2.24, 2.45) is 17.8 Å². The molecule has 0 aliphatic carbocycles. The summed E-state index contributed by atoms with van der Waals surface area (Å²) in [6, 6.07) is 1.13. The van der Waals surface area contributed by atoms with E-state index in [4.69, 9.17) is 0 Å². The summed E-state index contributed by atoms with van der Waals surface area (Å²) in [7, 11) is 4.21. The molecule has 1 aromatic carbocycles. The van der Waals surface area contributed by atoms with Gasteiger partial charge in [-0.1, -0.05) is 55.3 Å². The van der Waals surface area contributed by atoms with Crippen LogP contribution >= 0.6 is 44.2 Å². The first-order valence-electron chi connectivity index (χ1n) is 15.6. The third-order valence-electron chi connectivity index (χ3n) is 7.90. The topological polar surface area (TPSA) is 186 Å². The van der Waals surface area contributed by atoms with Crippen molar-refractivity contribution in [2.75, 3.05) is 31.6 Å². The second-order valence-corrected chi connectivity index (χ2v) is 16.2. The maximum atomic E-state index is 13.7. The molecular weight excluding hydrogens is 759 g/mol. The second kappa shape index (κ2) is 18.1. The zero-order valence-corrected chi connectivity index (χ0v) is 31.1. The molecule has 2 saturated heterocycles. The van der Waals surface area contributed by atoms with Crippen molar-refractivity contribution >= 4 is 79.6 Å². The molecule has 6 amide bonds. The van der Waals surface area contributed by atoms with Gasteiger partial charge in [-0.05, 0) is 65.0 Å². The van der Waals surface area contributed by atoms with E-state index in [0.717, 1.165) is 0 Å². The lowest BCUT2D eigenvalue weighted by atomic mass is 10.0. The van der Waals surface area contributed by atoms with Crippen LogP contribution < -0.4 is 26.6 Å². The fourth-order valence-electron chi connectivity index (χ4n) is 5.42. The molecule has 260 valence electrons. The molecule has 6 atom stereocenters. The van der Waals surface area contributed by atoms with Crippen LogP contribution in [0.3, 0.4) is 0 Å². The molecule has 6 N–H and O–H groups in total. The van der Waals surface area contributed by atoms with Crippen LogP contribution in [0.5, 0.6) is 5.75 Å². The Morgan fingerprint density at radius 2 is 1.72 bits per heavy atom. The van der Waals surface area contributed by atoms with Crippen molar-refractivity contribution in [2.45, 2.75) is 71.1 Å². The Hall–Kier alpha value is -2.73. The highest BCUT2D eigenvalue weighted by molar-refractivity contribution is 14.1. The molecule has 0 bridgehead atoms. The molecule has 0 radical (unpaired) electrons. The number of carbonyl (C=O) groups is 6. The molecule has 0 saturated carbocycles. The van der Waals surface area contributed by atoms with Gasteiger partial charge in [0, 0.05) is 37.4 Å². The molecular formula is C31H45IN6O7S2. The first-order chi connectivity index (χ1) is 22.2. The molecule has 2 aliphatic heterocycles. The Kier molecular flexibility index (Phi) is 14.9. The van der Waals surface area contributed by atoms with E-state index in [2.05, 4.69) is 26.6 Å². The Labute approximate surface area is 297 Å². The summed E-state index contributed by atoms with van der Waals surface area (Å²) in [5.74, 6) is -2.44. The predicted molar refractivity (Wildman–Crippen MR) is 190 cm³/mol. The Morgan fingerprint density at radius 3 is 2.38 bits per heavy atom. The number of benzene rings is 1. The van der Waals surface area contributed by atoms with Crippen LogP contribution in [0, 0.1) is 21.3 Å². The number of halogens is 1. The molecule has 2 fully saturated rings. The minimum absolute atomic E-state index is 0.0270. The molecule has 2 aliphatic rings. The number of hydrogen-bond acceptors (Lipinski definition) is 9. The van der Waals surface area contributed by atoms with E-state index in [1.807, 2.05) is 43.4 Å². The number of rotatable bonds is 5. The fourth-order valence-corrected chi connectivity index (χ4v) is 8.51. The van der Waals surface area contributed by atoms with Crippen LogP contribution in [0.1, 0.15) is 46.1 Å². The van der Waals surface area contributed by atoms with Crippen LogP contribution in [0.2, 0.25) is 0 Å². The largest absolute Gasteiger partial charge is 0.507 e. The van der Waals surface area contributed by atoms with E-state index in [1.165, 1.54) is 34.7 Å². The van der Waals surface area contributed by atoms with Gasteiger partial charge in [0.05, 0.1) is 10.1 Å². The third-order valence-corrected chi connectivity index (χ3v) is 11.4. The maximum absolute atomic E-state index is 13.7. The quantitative estimate of drug-likeness (QED) is 0.188. The van der Waals surface area contributed by atoms with Crippen molar-refractivity contribution < 1.29 is 33.9 Å². The van der Waals surface area contributed by atoms with Gasteiger partial charge in [-0.25, -0.2) is 0 Å².